The van der Waals surface area contributed by atoms with E-state index in [-0.39, 0.29) is 0 Å². The van der Waals surface area contributed by atoms with Gasteiger partial charge in [-0.3, -0.25) is 9.78 Å². The smallest absolute Gasteiger partial charge is 0.165 e. The molecule has 0 N–H and O–H groups in total. The molecule has 2 heteroatoms. The van der Waals surface area contributed by atoms with E-state index in [1.54, 1.807) is 0 Å². The first-order chi connectivity index (χ1) is 7.36. The summed E-state index contributed by atoms with van der Waals surface area (Å²) in [5.41, 5.74) is 4.72. The largest absolute Gasteiger partial charge is 0.294 e. The van der Waals surface area contributed by atoms with Gasteiger partial charge in [-0.25, -0.2) is 0 Å². The molecule has 0 aliphatic heterocycles. The molecule has 15 heavy (non-hydrogen) atoms. The molecule has 0 amide bonds. The lowest BCUT2D eigenvalue weighted by Gasteiger charge is -2.23. The van der Waals surface area contributed by atoms with Crippen molar-refractivity contribution in [2.24, 2.45) is 0 Å². The average molecular weight is 201 g/mol. The zero-order valence-corrected chi connectivity index (χ0v) is 8.88. The Bertz CT molecular complexity index is 423. The first-order valence-corrected chi connectivity index (χ1v) is 5.89. The van der Waals surface area contributed by atoms with Crippen LogP contribution in [0.5, 0.6) is 0 Å². The minimum Gasteiger partial charge on any atom is -0.294 e. The number of aromatic nitrogens is 1. The van der Waals surface area contributed by atoms with Gasteiger partial charge in [-0.15, -0.1) is 0 Å². The molecule has 2 aliphatic carbocycles. The molecular formula is C13H15NO. The van der Waals surface area contributed by atoms with Gasteiger partial charge in [0.1, 0.15) is 0 Å². The summed E-state index contributed by atoms with van der Waals surface area (Å²) in [7, 11) is 0. The summed E-state index contributed by atoms with van der Waals surface area (Å²) in [4.78, 5) is 16.4. The Morgan fingerprint density at radius 1 is 1.00 bits per heavy atom. The maximum absolute atomic E-state index is 11.9. The molecule has 2 nitrogen and oxygen atoms in total. The van der Waals surface area contributed by atoms with E-state index in [1.807, 2.05) is 6.20 Å². The Labute approximate surface area is 89.7 Å². The Morgan fingerprint density at radius 3 is 2.80 bits per heavy atom. The molecule has 0 fully saturated rings. The highest BCUT2D eigenvalue weighted by atomic mass is 16.1. The maximum atomic E-state index is 11.9. The highest BCUT2D eigenvalue weighted by Crippen LogP contribution is 2.29. The third kappa shape index (κ3) is 1.39. The van der Waals surface area contributed by atoms with Gasteiger partial charge in [-0.1, -0.05) is 0 Å². The van der Waals surface area contributed by atoms with Crippen molar-refractivity contribution in [2.75, 3.05) is 0 Å². The Kier molecular flexibility index (Phi) is 2.08. The Morgan fingerprint density at radius 2 is 1.87 bits per heavy atom. The van der Waals surface area contributed by atoms with Crippen LogP contribution in [0.25, 0.3) is 0 Å². The number of ketones is 1. The van der Waals surface area contributed by atoms with Gasteiger partial charge in [-0.2, -0.15) is 0 Å². The topological polar surface area (TPSA) is 30.0 Å². The van der Waals surface area contributed by atoms with Gasteiger partial charge in [0.25, 0.3) is 0 Å². The SMILES string of the molecule is O=C1CCCc2ncc3c(c21)CCCC3. The van der Waals surface area contributed by atoms with Crippen molar-refractivity contribution >= 4 is 5.78 Å². The van der Waals surface area contributed by atoms with Crippen molar-refractivity contribution in [2.45, 2.75) is 44.9 Å². The fraction of sp³-hybridized carbons (Fsp3) is 0.538. The minimum absolute atomic E-state index is 0.336. The van der Waals surface area contributed by atoms with Crippen LogP contribution in [0.4, 0.5) is 0 Å². The molecule has 3 rings (SSSR count). The summed E-state index contributed by atoms with van der Waals surface area (Å²) >= 11 is 0. The molecule has 0 radical (unpaired) electrons. The van der Waals surface area contributed by atoms with Crippen LogP contribution in [-0.4, -0.2) is 10.8 Å². The fourth-order valence-electron chi connectivity index (χ4n) is 2.81. The second-order valence-corrected chi connectivity index (χ2v) is 4.57. The number of rotatable bonds is 0. The van der Waals surface area contributed by atoms with E-state index in [0.717, 1.165) is 43.4 Å². The lowest BCUT2D eigenvalue weighted by molar-refractivity contribution is 0.0970. The number of fused-ring (bicyclic) bond motifs is 3. The number of aryl methyl sites for hydroxylation is 2. The van der Waals surface area contributed by atoms with Crippen LogP contribution >= 0.6 is 0 Å². The van der Waals surface area contributed by atoms with Crippen molar-refractivity contribution in [1.29, 1.82) is 0 Å². The Hall–Kier alpha value is -1.18. The van der Waals surface area contributed by atoms with E-state index >= 15 is 0 Å². The molecular weight excluding hydrogens is 186 g/mol. The van der Waals surface area contributed by atoms with Gasteiger partial charge in [0.05, 0.1) is 5.69 Å². The van der Waals surface area contributed by atoms with Crippen molar-refractivity contribution < 1.29 is 4.79 Å². The number of carbonyl (C=O) groups is 1. The number of Topliss-reactive ketones (excluding diaryl/α,β-unsaturated/α-hetero) is 1. The van der Waals surface area contributed by atoms with Gasteiger partial charge in [0.15, 0.2) is 5.78 Å². The normalized spacial score (nSPS) is 19.6. The Balaban J connectivity index is 2.19. The molecule has 0 aromatic carbocycles. The molecule has 0 bridgehead atoms. The standard InChI is InChI=1S/C13H15NO/c15-12-7-3-6-11-13(12)10-5-2-1-4-9(10)8-14-11/h8H,1-7H2. The lowest BCUT2D eigenvalue weighted by Crippen LogP contribution is -2.19. The van der Waals surface area contributed by atoms with Crippen LogP contribution in [0.1, 0.15) is 52.9 Å². The molecule has 1 aromatic heterocycles. The zero-order chi connectivity index (χ0) is 10.3. The fourth-order valence-corrected chi connectivity index (χ4v) is 2.81. The average Bonchev–Trinajstić information content (AvgIpc) is 2.29. The molecule has 78 valence electrons. The van der Waals surface area contributed by atoms with Crippen LogP contribution in [-0.2, 0) is 19.3 Å². The van der Waals surface area contributed by atoms with Crippen molar-refractivity contribution in [3.05, 3.63) is 28.6 Å². The van der Waals surface area contributed by atoms with E-state index in [2.05, 4.69) is 4.98 Å². The molecule has 0 spiro atoms. The van der Waals surface area contributed by atoms with Gasteiger partial charge in [-0.05, 0) is 49.7 Å². The summed E-state index contributed by atoms with van der Waals surface area (Å²) in [5, 5.41) is 0. The maximum Gasteiger partial charge on any atom is 0.165 e. The highest BCUT2D eigenvalue weighted by molar-refractivity contribution is 5.99. The molecule has 1 heterocycles. The van der Waals surface area contributed by atoms with Crippen molar-refractivity contribution in [3.8, 4) is 0 Å². The van der Waals surface area contributed by atoms with E-state index in [4.69, 9.17) is 0 Å². The van der Waals surface area contributed by atoms with Crippen LogP contribution in [0.3, 0.4) is 0 Å². The third-order valence-corrected chi connectivity index (χ3v) is 3.57. The number of hydrogen-bond donors (Lipinski definition) is 0. The van der Waals surface area contributed by atoms with Crippen LogP contribution in [0.2, 0.25) is 0 Å². The summed E-state index contributed by atoms with van der Waals surface area (Å²) in [6, 6.07) is 0. The molecule has 1 aromatic rings. The van der Waals surface area contributed by atoms with Crippen LogP contribution < -0.4 is 0 Å². The van der Waals surface area contributed by atoms with E-state index < -0.39 is 0 Å². The highest BCUT2D eigenvalue weighted by Gasteiger charge is 2.24. The summed E-state index contributed by atoms with van der Waals surface area (Å²) < 4.78 is 0. The minimum atomic E-state index is 0.336. The summed E-state index contributed by atoms with van der Waals surface area (Å²) in [6.07, 6.45) is 9.40. The van der Waals surface area contributed by atoms with Gasteiger partial charge in [0, 0.05) is 18.2 Å². The van der Waals surface area contributed by atoms with Crippen LogP contribution in [0, 0.1) is 0 Å². The van der Waals surface area contributed by atoms with Crippen molar-refractivity contribution in [3.63, 3.8) is 0 Å². The number of hydrogen-bond acceptors (Lipinski definition) is 2. The summed E-state index contributed by atoms with van der Waals surface area (Å²) in [6.45, 7) is 0. The van der Waals surface area contributed by atoms with Gasteiger partial charge >= 0.3 is 0 Å². The number of nitrogens with zero attached hydrogens (tertiary/aromatic N) is 1. The first-order valence-electron chi connectivity index (χ1n) is 5.89. The quantitative estimate of drug-likeness (QED) is 0.645. The second-order valence-electron chi connectivity index (χ2n) is 4.57. The monoisotopic (exact) mass is 201 g/mol. The predicted molar refractivity (Wildman–Crippen MR) is 58.1 cm³/mol. The third-order valence-electron chi connectivity index (χ3n) is 3.57. The first kappa shape index (κ1) is 9.08. The number of carbonyl (C=O) groups excluding carboxylic acids is 1. The zero-order valence-electron chi connectivity index (χ0n) is 8.88. The predicted octanol–water partition coefficient (Wildman–Crippen LogP) is 2.48. The number of pyridine rings is 1. The van der Waals surface area contributed by atoms with E-state index in [9.17, 15) is 4.79 Å². The van der Waals surface area contributed by atoms with E-state index in [1.165, 1.54) is 24.0 Å². The van der Waals surface area contributed by atoms with E-state index in [0.29, 0.717) is 5.78 Å². The molecule has 0 saturated carbocycles. The van der Waals surface area contributed by atoms with Gasteiger partial charge in [0.2, 0.25) is 0 Å². The lowest BCUT2D eigenvalue weighted by atomic mass is 9.83. The van der Waals surface area contributed by atoms with Crippen molar-refractivity contribution in [1.82, 2.24) is 4.98 Å². The molecule has 2 aliphatic rings. The molecule has 0 atom stereocenters. The molecule has 0 unspecified atom stereocenters. The summed E-state index contributed by atoms with van der Waals surface area (Å²) in [5.74, 6) is 0.336. The second kappa shape index (κ2) is 3.44. The van der Waals surface area contributed by atoms with Crippen LogP contribution in [0.15, 0.2) is 6.20 Å². The van der Waals surface area contributed by atoms with Gasteiger partial charge < -0.3 is 0 Å². The molecule has 0 saturated heterocycles.